The van der Waals surface area contributed by atoms with Gasteiger partial charge in [-0.2, -0.15) is 11.8 Å². The number of fused-ring (bicyclic) bond motifs is 1. The van der Waals surface area contributed by atoms with Crippen LogP contribution in [0, 0.1) is 5.41 Å². The molecular weight excluding hydrogens is 264 g/mol. The van der Waals surface area contributed by atoms with Crippen molar-refractivity contribution in [1.82, 2.24) is 10.3 Å². The molecule has 1 unspecified atom stereocenters. The molecule has 1 saturated heterocycles. The van der Waals surface area contributed by atoms with Crippen LogP contribution in [0.3, 0.4) is 0 Å². The van der Waals surface area contributed by atoms with Gasteiger partial charge >= 0.3 is 0 Å². The Balaban J connectivity index is 1.77. The Labute approximate surface area is 125 Å². The zero-order chi connectivity index (χ0) is 14.0. The predicted octanol–water partition coefficient (Wildman–Crippen LogP) is 3.86. The first kappa shape index (κ1) is 13.9. The number of benzene rings is 1. The fourth-order valence-electron chi connectivity index (χ4n) is 2.81. The molecule has 2 aromatic rings. The van der Waals surface area contributed by atoms with Gasteiger partial charge in [-0.05, 0) is 29.2 Å². The van der Waals surface area contributed by atoms with Gasteiger partial charge in [-0.1, -0.05) is 38.1 Å². The molecule has 0 spiro atoms. The van der Waals surface area contributed by atoms with E-state index in [4.69, 9.17) is 0 Å². The molecule has 2 heterocycles. The van der Waals surface area contributed by atoms with Crippen molar-refractivity contribution in [3.05, 3.63) is 42.1 Å². The lowest BCUT2D eigenvalue weighted by molar-refractivity contribution is 0.245. The summed E-state index contributed by atoms with van der Waals surface area (Å²) in [5.41, 5.74) is 2.82. The van der Waals surface area contributed by atoms with E-state index in [1.807, 2.05) is 12.3 Å². The zero-order valence-corrected chi connectivity index (χ0v) is 13.0. The van der Waals surface area contributed by atoms with Crippen molar-refractivity contribution < 1.29 is 0 Å². The van der Waals surface area contributed by atoms with Crippen LogP contribution in [-0.2, 0) is 6.54 Å². The van der Waals surface area contributed by atoms with Crippen LogP contribution in [0.1, 0.15) is 25.8 Å². The van der Waals surface area contributed by atoms with Crippen molar-refractivity contribution >= 4 is 22.7 Å². The van der Waals surface area contributed by atoms with E-state index in [1.54, 1.807) is 0 Å². The van der Waals surface area contributed by atoms with Crippen molar-refractivity contribution in [1.29, 1.82) is 0 Å². The average molecular weight is 286 g/mol. The van der Waals surface area contributed by atoms with E-state index in [-0.39, 0.29) is 0 Å². The molecule has 0 amide bonds. The van der Waals surface area contributed by atoms with E-state index in [1.165, 1.54) is 28.9 Å². The zero-order valence-electron chi connectivity index (χ0n) is 12.2. The number of rotatable bonds is 3. The highest BCUT2D eigenvalue weighted by Crippen LogP contribution is 2.34. The highest BCUT2D eigenvalue weighted by molar-refractivity contribution is 7.99. The number of hydrogen-bond donors (Lipinski definition) is 1. The maximum absolute atomic E-state index is 4.54. The van der Waals surface area contributed by atoms with Gasteiger partial charge in [0.05, 0.1) is 5.52 Å². The summed E-state index contributed by atoms with van der Waals surface area (Å²) < 4.78 is 0. The highest BCUT2D eigenvalue weighted by Gasteiger charge is 2.32. The largest absolute Gasteiger partial charge is 0.308 e. The van der Waals surface area contributed by atoms with Crippen molar-refractivity contribution in [2.24, 2.45) is 5.41 Å². The molecule has 0 bridgehead atoms. The van der Waals surface area contributed by atoms with Crippen LogP contribution >= 0.6 is 11.8 Å². The van der Waals surface area contributed by atoms with Gasteiger partial charge in [0.25, 0.3) is 0 Å². The molecule has 1 aliphatic heterocycles. The summed E-state index contributed by atoms with van der Waals surface area (Å²) in [6.07, 6.45) is 3.18. The highest BCUT2D eigenvalue weighted by atomic mass is 32.2. The van der Waals surface area contributed by atoms with Crippen molar-refractivity contribution in [2.45, 2.75) is 32.9 Å². The maximum atomic E-state index is 4.54. The van der Waals surface area contributed by atoms with Crippen molar-refractivity contribution in [2.75, 3.05) is 11.5 Å². The Morgan fingerprint density at radius 1 is 1.30 bits per heavy atom. The lowest BCUT2D eigenvalue weighted by atomic mass is 9.82. The van der Waals surface area contributed by atoms with Crippen molar-refractivity contribution in [3.63, 3.8) is 0 Å². The number of nitrogens with zero attached hydrogens (tertiary/aromatic N) is 1. The average Bonchev–Trinajstić information content (AvgIpc) is 2.46. The second kappa shape index (κ2) is 5.74. The van der Waals surface area contributed by atoms with Gasteiger partial charge in [-0.3, -0.25) is 4.98 Å². The fourth-order valence-corrected chi connectivity index (χ4v) is 4.46. The van der Waals surface area contributed by atoms with Crippen LogP contribution in [0.4, 0.5) is 0 Å². The third kappa shape index (κ3) is 2.84. The second-order valence-electron chi connectivity index (χ2n) is 6.24. The maximum Gasteiger partial charge on any atom is 0.0746 e. The Bertz CT molecular complexity index is 589. The number of para-hydroxylation sites is 1. The first-order chi connectivity index (χ1) is 9.67. The third-order valence-electron chi connectivity index (χ3n) is 4.37. The number of hydrogen-bond acceptors (Lipinski definition) is 3. The van der Waals surface area contributed by atoms with E-state index in [2.05, 4.69) is 60.2 Å². The molecule has 106 valence electrons. The molecule has 1 aromatic carbocycles. The van der Waals surface area contributed by atoms with Gasteiger partial charge in [-0.25, -0.2) is 0 Å². The predicted molar refractivity (Wildman–Crippen MR) is 88.1 cm³/mol. The molecule has 3 rings (SSSR count). The Kier molecular flexibility index (Phi) is 3.99. The number of thioether (sulfide) groups is 1. The summed E-state index contributed by atoms with van der Waals surface area (Å²) in [5, 5.41) is 4.99. The van der Waals surface area contributed by atoms with Crippen LogP contribution in [0.5, 0.6) is 0 Å². The first-order valence-corrected chi connectivity index (χ1v) is 8.46. The van der Waals surface area contributed by atoms with E-state index < -0.39 is 0 Å². The molecule has 20 heavy (non-hydrogen) atoms. The van der Waals surface area contributed by atoms with E-state index in [0.717, 1.165) is 12.1 Å². The van der Waals surface area contributed by atoms with Crippen LogP contribution in [-0.4, -0.2) is 22.5 Å². The minimum absolute atomic E-state index is 0.392. The van der Waals surface area contributed by atoms with Gasteiger partial charge in [0.15, 0.2) is 0 Å². The molecule has 2 nitrogen and oxygen atoms in total. The Hall–Kier alpha value is -1.06. The SMILES string of the molecule is CC1(C)CCSCC1NCc1cccc2cccnc12. The van der Waals surface area contributed by atoms with E-state index >= 15 is 0 Å². The number of nitrogens with one attached hydrogen (secondary N) is 1. The summed E-state index contributed by atoms with van der Waals surface area (Å²) in [6.45, 7) is 5.67. The van der Waals surface area contributed by atoms with Crippen LogP contribution < -0.4 is 5.32 Å². The van der Waals surface area contributed by atoms with Gasteiger partial charge in [0.1, 0.15) is 0 Å². The normalized spacial score (nSPS) is 22.0. The van der Waals surface area contributed by atoms with Crippen LogP contribution in [0.2, 0.25) is 0 Å². The monoisotopic (exact) mass is 286 g/mol. The summed E-state index contributed by atoms with van der Waals surface area (Å²) >= 11 is 2.07. The lowest BCUT2D eigenvalue weighted by Crippen LogP contribution is -2.46. The summed E-state index contributed by atoms with van der Waals surface area (Å²) in [5.74, 6) is 2.51. The smallest absolute Gasteiger partial charge is 0.0746 e. The Morgan fingerprint density at radius 3 is 3.00 bits per heavy atom. The van der Waals surface area contributed by atoms with Gasteiger partial charge in [0, 0.05) is 29.9 Å². The van der Waals surface area contributed by atoms with E-state index in [0.29, 0.717) is 11.5 Å². The fraction of sp³-hybridized carbons (Fsp3) is 0.471. The molecular formula is C17H22N2S. The molecule has 1 N–H and O–H groups in total. The Morgan fingerprint density at radius 2 is 2.15 bits per heavy atom. The summed E-state index contributed by atoms with van der Waals surface area (Å²) in [6, 6.07) is 11.2. The number of aromatic nitrogens is 1. The van der Waals surface area contributed by atoms with Crippen molar-refractivity contribution in [3.8, 4) is 0 Å². The third-order valence-corrected chi connectivity index (χ3v) is 5.44. The van der Waals surface area contributed by atoms with Gasteiger partial charge in [-0.15, -0.1) is 0 Å². The van der Waals surface area contributed by atoms with Crippen LogP contribution in [0.15, 0.2) is 36.5 Å². The quantitative estimate of drug-likeness (QED) is 0.927. The minimum Gasteiger partial charge on any atom is -0.308 e. The van der Waals surface area contributed by atoms with Crippen LogP contribution in [0.25, 0.3) is 10.9 Å². The molecule has 1 aliphatic rings. The summed E-state index contributed by atoms with van der Waals surface area (Å²) in [7, 11) is 0. The first-order valence-electron chi connectivity index (χ1n) is 7.30. The molecule has 0 radical (unpaired) electrons. The molecule has 0 aliphatic carbocycles. The molecule has 1 fully saturated rings. The van der Waals surface area contributed by atoms with E-state index in [9.17, 15) is 0 Å². The molecule has 1 aromatic heterocycles. The van der Waals surface area contributed by atoms with Gasteiger partial charge in [0.2, 0.25) is 0 Å². The standard InChI is InChI=1S/C17H22N2S/c1-17(2)8-10-20-12-15(17)19-11-14-6-3-5-13-7-4-9-18-16(13)14/h3-7,9,15,19H,8,10-12H2,1-2H3. The summed E-state index contributed by atoms with van der Waals surface area (Å²) in [4.78, 5) is 4.54. The molecule has 0 saturated carbocycles. The van der Waals surface area contributed by atoms with Gasteiger partial charge < -0.3 is 5.32 Å². The lowest BCUT2D eigenvalue weighted by Gasteiger charge is -2.39. The molecule has 1 atom stereocenters. The second-order valence-corrected chi connectivity index (χ2v) is 7.39. The topological polar surface area (TPSA) is 24.9 Å². The minimum atomic E-state index is 0.392. The molecule has 3 heteroatoms. The number of pyridine rings is 1.